The number of nitrogens with two attached hydrogens (primary N) is 1. The molecule has 1 amide bonds. The molecule has 7 heteroatoms. The number of carbonyl (C=O) groups excluding carboxylic acids is 1. The number of benzene rings is 2. The van der Waals surface area contributed by atoms with Crippen molar-refractivity contribution >= 4 is 29.1 Å². The molecule has 0 fully saturated rings. The summed E-state index contributed by atoms with van der Waals surface area (Å²) in [5.74, 6) is -0.422. The Morgan fingerprint density at radius 3 is 2.50 bits per heavy atom. The maximum atomic E-state index is 12.9. The third-order valence-corrected chi connectivity index (χ3v) is 4.80. The van der Waals surface area contributed by atoms with Crippen LogP contribution in [0.3, 0.4) is 0 Å². The summed E-state index contributed by atoms with van der Waals surface area (Å²) in [6.07, 6.45) is 1.21. The standard InChI is InChI=1S/C21H24N4O2.ClH/c1-3-16-17(4-2)24-25-21(27)19(16)20(26)23-18(12-22)15-10-9-13-7-5-6-8-14(13)11-15;/h5-11,18H,3-4,12,22H2,1-2H3,(H,23,26)(H,25,27);1H. The summed E-state index contributed by atoms with van der Waals surface area (Å²) < 4.78 is 0. The average Bonchev–Trinajstić information content (AvgIpc) is 2.71. The summed E-state index contributed by atoms with van der Waals surface area (Å²) in [5.41, 5.74) is 7.91. The van der Waals surface area contributed by atoms with Gasteiger partial charge >= 0.3 is 0 Å². The Bertz CT molecular complexity index is 1030. The molecule has 0 bridgehead atoms. The Labute approximate surface area is 169 Å². The van der Waals surface area contributed by atoms with Crippen molar-refractivity contribution in [1.82, 2.24) is 15.5 Å². The van der Waals surface area contributed by atoms with E-state index in [9.17, 15) is 9.59 Å². The van der Waals surface area contributed by atoms with E-state index in [1.807, 2.05) is 56.3 Å². The maximum absolute atomic E-state index is 12.9. The number of nitrogens with one attached hydrogen (secondary N) is 2. The molecule has 0 aliphatic rings. The van der Waals surface area contributed by atoms with Gasteiger partial charge in [-0.1, -0.05) is 50.2 Å². The Morgan fingerprint density at radius 2 is 1.86 bits per heavy atom. The number of rotatable bonds is 6. The summed E-state index contributed by atoms with van der Waals surface area (Å²) in [6, 6.07) is 13.6. The van der Waals surface area contributed by atoms with Gasteiger partial charge in [-0.3, -0.25) is 9.59 Å². The largest absolute Gasteiger partial charge is 0.344 e. The van der Waals surface area contributed by atoms with Gasteiger partial charge in [-0.25, -0.2) is 5.10 Å². The second-order valence-electron chi connectivity index (χ2n) is 6.43. The number of H-pyrrole nitrogens is 1. The van der Waals surface area contributed by atoms with Crippen LogP contribution in [0.5, 0.6) is 0 Å². The third-order valence-electron chi connectivity index (χ3n) is 4.80. The lowest BCUT2D eigenvalue weighted by molar-refractivity contribution is 0.0935. The van der Waals surface area contributed by atoms with Crippen molar-refractivity contribution in [2.45, 2.75) is 32.7 Å². The zero-order chi connectivity index (χ0) is 19.4. The molecule has 0 saturated heterocycles. The van der Waals surface area contributed by atoms with Crippen LogP contribution in [-0.4, -0.2) is 22.6 Å². The van der Waals surface area contributed by atoms with Crippen molar-refractivity contribution < 1.29 is 4.79 Å². The van der Waals surface area contributed by atoms with Gasteiger partial charge in [0, 0.05) is 6.54 Å². The van der Waals surface area contributed by atoms with Crippen molar-refractivity contribution in [3.63, 3.8) is 0 Å². The van der Waals surface area contributed by atoms with Crippen molar-refractivity contribution in [1.29, 1.82) is 0 Å². The fourth-order valence-corrected chi connectivity index (χ4v) is 3.37. The molecule has 1 atom stereocenters. The highest BCUT2D eigenvalue weighted by Crippen LogP contribution is 2.21. The Kier molecular flexibility index (Phi) is 7.31. The zero-order valence-corrected chi connectivity index (χ0v) is 16.8. The number of amides is 1. The van der Waals surface area contributed by atoms with Gasteiger partial charge in [-0.05, 0) is 40.8 Å². The molecule has 6 nitrogen and oxygen atoms in total. The molecule has 2 aromatic carbocycles. The smallest absolute Gasteiger partial charge is 0.277 e. The van der Waals surface area contributed by atoms with Crippen molar-refractivity contribution in [2.24, 2.45) is 5.73 Å². The fraction of sp³-hybridized carbons (Fsp3) is 0.286. The predicted molar refractivity (Wildman–Crippen MR) is 114 cm³/mol. The topological polar surface area (TPSA) is 101 Å². The van der Waals surface area contributed by atoms with Crippen LogP contribution in [0, 0.1) is 0 Å². The molecular formula is C21H25ClN4O2. The van der Waals surface area contributed by atoms with E-state index >= 15 is 0 Å². The Balaban J connectivity index is 0.00000280. The zero-order valence-electron chi connectivity index (χ0n) is 16.0. The molecule has 1 unspecified atom stereocenters. The lowest BCUT2D eigenvalue weighted by atomic mass is 10.00. The molecule has 0 spiro atoms. The molecule has 0 aliphatic heterocycles. The third kappa shape index (κ3) is 4.24. The molecule has 28 heavy (non-hydrogen) atoms. The first-order valence-electron chi connectivity index (χ1n) is 9.19. The molecule has 0 aliphatic carbocycles. The first kappa shape index (κ1) is 21.6. The van der Waals surface area contributed by atoms with Crippen LogP contribution >= 0.6 is 12.4 Å². The van der Waals surface area contributed by atoms with E-state index < -0.39 is 11.5 Å². The van der Waals surface area contributed by atoms with Crippen LogP contribution in [0.15, 0.2) is 47.3 Å². The van der Waals surface area contributed by atoms with E-state index in [1.165, 1.54) is 0 Å². The van der Waals surface area contributed by atoms with E-state index in [-0.39, 0.29) is 30.6 Å². The summed E-state index contributed by atoms with van der Waals surface area (Å²) in [4.78, 5) is 25.2. The number of nitrogens with zero attached hydrogens (tertiary/aromatic N) is 1. The van der Waals surface area contributed by atoms with Crippen molar-refractivity contribution in [3.8, 4) is 0 Å². The van der Waals surface area contributed by atoms with Crippen LogP contribution in [0.4, 0.5) is 0 Å². The number of aromatic amines is 1. The summed E-state index contributed by atoms with van der Waals surface area (Å²) >= 11 is 0. The molecule has 1 heterocycles. The summed E-state index contributed by atoms with van der Waals surface area (Å²) in [6.45, 7) is 4.09. The van der Waals surface area contributed by atoms with Gasteiger partial charge in [0.05, 0.1) is 11.7 Å². The van der Waals surface area contributed by atoms with E-state index in [0.717, 1.165) is 22.0 Å². The number of carbonyl (C=O) groups is 1. The van der Waals surface area contributed by atoms with Crippen LogP contribution in [-0.2, 0) is 12.8 Å². The lowest BCUT2D eigenvalue weighted by Crippen LogP contribution is -2.37. The molecular weight excluding hydrogens is 376 g/mol. The van der Waals surface area contributed by atoms with Gasteiger partial charge in [-0.2, -0.15) is 5.10 Å². The minimum Gasteiger partial charge on any atom is -0.344 e. The van der Waals surface area contributed by atoms with Crippen LogP contribution in [0.25, 0.3) is 10.8 Å². The number of aryl methyl sites for hydroxylation is 1. The SMILES string of the molecule is CCc1n[nH]c(=O)c(C(=O)NC(CN)c2ccc3ccccc3c2)c1CC.Cl. The average molecular weight is 401 g/mol. The van der Waals surface area contributed by atoms with Gasteiger partial charge < -0.3 is 11.1 Å². The summed E-state index contributed by atoms with van der Waals surface area (Å²) in [5, 5.41) is 11.6. The van der Waals surface area contributed by atoms with E-state index in [0.29, 0.717) is 18.4 Å². The molecule has 148 valence electrons. The highest BCUT2D eigenvalue weighted by atomic mass is 35.5. The van der Waals surface area contributed by atoms with E-state index in [1.54, 1.807) is 0 Å². The molecule has 0 radical (unpaired) electrons. The van der Waals surface area contributed by atoms with Crippen LogP contribution in [0.1, 0.15) is 47.1 Å². The van der Waals surface area contributed by atoms with Crippen LogP contribution < -0.4 is 16.6 Å². The fourth-order valence-electron chi connectivity index (χ4n) is 3.37. The second-order valence-corrected chi connectivity index (χ2v) is 6.43. The Morgan fingerprint density at radius 1 is 1.14 bits per heavy atom. The summed E-state index contributed by atoms with van der Waals surface area (Å²) in [7, 11) is 0. The first-order valence-corrected chi connectivity index (χ1v) is 9.19. The van der Waals surface area contributed by atoms with Crippen molar-refractivity contribution in [3.05, 3.63) is 75.2 Å². The van der Waals surface area contributed by atoms with Gasteiger partial charge in [-0.15, -0.1) is 12.4 Å². The molecule has 1 aromatic heterocycles. The number of hydrogen-bond acceptors (Lipinski definition) is 4. The lowest BCUT2D eigenvalue weighted by Gasteiger charge is -2.19. The maximum Gasteiger partial charge on any atom is 0.277 e. The Hall–Kier alpha value is -2.70. The van der Waals surface area contributed by atoms with Crippen LogP contribution in [0.2, 0.25) is 0 Å². The number of halogens is 1. The van der Waals surface area contributed by atoms with Gasteiger partial charge in [0.25, 0.3) is 11.5 Å². The quantitative estimate of drug-likeness (QED) is 0.592. The minimum absolute atomic E-state index is 0. The van der Waals surface area contributed by atoms with E-state index in [2.05, 4.69) is 15.5 Å². The molecule has 4 N–H and O–H groups in total. The minimum atomic E-state index is -0.476. The second kappa shape index (κ2) is 9.48. The monoisotopic (exact) mass is 400 g/mol. The highest BCUT2D eigenvalue weighted by Gasteiger charge is 2.22. The molecule has 0 saturated carbocycles. The first-order chi connectivity index (χ1) is 13.1. The van der Waals surface area contributed by atoms with Crippen molar-refractivity contribution in [2.75, 3.05) is 6.54 Å². The molecule has 3 aromatic rings. The van der Waals surface area contributed by atoms with Gasteiger partial charge in [0.1, 0.15) is 5.56 Å². The number of hydrogen-bond donors (Lipinski definition) is 3. The van der Waals surface area contributed by atoms with E-state index in [4.69, 9.17) is 5.73 Å². The molecule has 3 rings (SSSR count). The van der Waals surface area contributed by atoms with Gasteiger partial charge in [0.2, 0.25) is 0 Å². The number of fused-ring (bicyclic) bond motifs is 1. The predicted octanol–water partition coefficient (Wildman–Crippen LogP) is 2.90. The van der Waals surface area contributed by atoms with Gasteiger partial charge in [0.15, 0.2) is 0 Å². The number of aromatic nitrogens is 2. The highest BCUT2D eigenvalue weighted by molar-refractivity contribution is 5.96. The normalized spacial score (nSPS) is 11.7.